The molecule has 2 unspecified atom stereocenters. The molecule has 4 nitrogen and oxygen atoms in total. The molecule has 118 valence electrons. The Kier molecular flexibility index (Phi) is 6.31. The van der Waals surface area contributed by atoms with Crippen molar-refractivity contribution in [3.63, 3.8) is 0 Å². The van der Waals surface area contributed by atoms with Crippen LogP contribution in [0.25, 0.3) is 0 Å². The maximum atomic E-state index is 12.3. The SMILES string of the molecule is CC(C)C(C)NCC1CCCCN1C(=O)OC(C)(C)C. The second-order valence-corrected chi connectivity index (χ2v) is 7.26. The molecule has 0 spiro atoms. The highest BCUT2D eigenvalue weighted by Gasteiger charge is 2.30. The Morgan fingerprint density at radius 3 is 2.50 bits per heavy atom. The Bertz CT molecular complexity index is 310. The lowest BCUT2D eigenvalue weighted by atomic mass is 10.0. The van der Waals surface area contributed by atoms with Crippen molar-refractivity contribution in [2.24, 2.45) is 5.92 Å². The predicted octanol–water partition coefficient (Wildman–Crippen LogP) is 3.41. The van der Waals surface area contributed by atoms with Crippen molar-refractivity contribution in [1.29, 1.82) is 0 Å². The van der Waals surface area contributed by atoms with E-state index < -0.39 is 5.60 Å². The number of nitrogens with zero attached hydrogens (tertiary/aromatic N) is 1. The smallest absolute Gasteiger partial charge is 0.410 e. The minimum absolute atomic E-state index is 0.166. The molecule has 0 aliphatic carbocycles. The first kappa shape index (κ1) is 17.3. The Morgan fingerprint density at radius 1 is 1.30 bits per heavy atom. The quantitative estimate of drug-likeness (QED) is 0.860. The molecule has 1 rings (SSSR count). The van der Waals surface area contributed by atoms with Gasteiger partial charge in [-0.05, 0) is 52.9 Å². The summed E-state index contributed by atoms with van der Waals surface area (Å²) >= 11 is 0. The monoisotopic (exact) mass is 284 g/mol. The van der Waals surface area contributed by atoms with Gasteiger partial charge in [0.1, 0.15) is 5.60 Å². The lowest BCUT2D eigenvalue weighted by Crippen LogP contribution is -2.51. The van der Waals surface area contributed by atoms with Crippen LogP contribution in [-0.4, -0.2) is 41.8 Å². The van der Waals surface area contributed by atoms with Crippen LogP contribution in [0.3, 0.4) is 0 Å². The van der Waals surface area contributed by atoms with Gasteiger partial charge < -0.3 is 15.0 Å². The van der Waals surface area contributed by atoms with Crippen LogP contribution in [0.4, 0.5) is 4.79 Å². The van der Waals surface area contributed by atoms with E-state index in [1.165, 1.54) is 6.42 Å². The molecule has 1 aliphatic heterocycles. The van der Waals surface area contributed by atoms with Gasteiger partial charge in [-0.25, -0.2) is 4.79 Å². The Morgan fingerprint density at radius 2 is 1.95 bits per heavy atom. The Balaban J connectivity index is 2.55. The molecule has 1 N–H and O–H groups in total. The number of hydrogen-bond donors (Lipinski definition) is 1. The third-order valence-corrected chi connectivity index (χ3v) is 3.93. The van der Waals surface area contributed by atoms with E-state index in [1.54, 1.807) is 0 Å². The second-order valence-electron chi connectivity index (χ2n) is 7.26. The number of carbonyl (C=O) groups is 1. The summed E-state index contributed by atoms with van der Waals surface area (Å²) in [5.74, 6) is 0.605. The Labute approximate surface area is 124 Å². The summed E-state index contributed by atoms with van der Waals surface area (Å²) in [6, 6.07) is 0.734. The number of carbonyl (C=O) groups excluding carboxylic acids is 1. The molecule has 0 radical (unpaired) electrons. The van der Waals surface area contributed by atoms with Crippen molar-refractivity contribution in [1.82, 2.24) is 10.2 Å². The minimum atomic E-state index is -0.419. The zero-order chi connectivity index (χ0) is 15.3. The van der Waals surface area contributed by atoms with Gasteiger partial charge in [0.2, 0.25) is 0 Å². The number of ether oxygens (including phenoxy) is 1. The van der Waals surface area contributed by atoms with Crippen molar-refractivity contribution >= 4 is 6.09 Å². The van der Waals surface area contributed by atoms with Crippen molar-refractivity contribution in [2.75, 3.05) is 13.1 Å². The van der Waals surface area contributed by atoms with Crippen LogP contribution in [-0.2, 0) is 4.74 Å². The van der Waals surface area contributed by atoms with E-state index in [9.17, 15) is 4.79 Å². The molecule has 1 heterocycles. The standard InChI is InChI=1S/C16H32N2O2/c1-12(2)13(3)17-11-14-9-7-8-10-18(14)15(19)20-16(4,5)6/h12-14,17H,7-11H2,1-6H3. The van der Waals surface area contributed by atoms with Crippen LogP contribution in [0.5, 0.6) is 0 Å². The molecule has 1 saturated heterocycles. The molecule has 1 fully saturated rings. The molecule has 20 heavy (non-hydrogen) atoms. The summed E-state index contributed by atoms with van der Waals surface area (Å²) in [5.41, 5.74) is -0.419. The topological polar surface area (TPSA) is 41.6 Å². The van der Waals surface area contributed by atoms with Crippen LogP contribution in [0.15, 0.2) is 0 Å². The lowest BCUT2D eigenvalue weighted by Gasteiger charge is -2.37. The van der Waals surface area contributed by atoms with Gasteiger partial charge in [0, 0.05) is 25.2 Å². The minimum Gasteiger partial charge on any atom is -0.444 e. The molecular formula is C16H32N2O2. The van der Waals surface area contributed by atoms with Crippen molar-refractivity contribution in [3.05, 3.63) is 0 Å². The van der Waals surface area contributed by atoms with E-state index >= 15 is 0 Å². The van der Waals surface area contributed by atoms with Crippen LogP contribution >= 0.6 is 0 Å². The first-order valence-electron chi connectivity index (χ1n) is 7.93. The molecule has 0 aromatic heterocycles. The van der Waals surface area contributed by atoms with E-state index in [4.69, 9.17) is 4.74 Å². The number of rotatable bonds is 4. The molecule has 2 atom stereocenters. The van der Waals surface area contributed by atoms with Crippen LogP contribution in [0, 0.1) is 5.92 Å². The fraction of sp³-hybridized carbons (Fsp3) is 0.938. The molecule has 0 bridgehead atoms. The van der Waals surface area contributed by atoms with Crippen LogP contribution in [0.2, 0.25) is 0 Å². The van der Waals surface area contributed by atoms with Gasteiger partial charge >= 0.3 is 6.09 Å². The summed E-state index contributed by atoms with van der Waals surface area (Å²) < 4.78 is 5.52. The predicted molar refractivity (Wildman–Crippen MR) is 82.9 cm³/mol. The largest absolute Gasteiger partial charge is 0.444 e. The fourth-order valence-corrected chi connectivity index (χ4v) is 2.33. The highest BCUT2D eigenvalue weighted by molar-refractivity contribution is 5.68. The lowest BCUT2D eigenvalue weighted by molar-refractivity contribution is 0.00957. The van der Waals surface area contributed by atoms with Crippen molar-refractivity contribution in [2.45, 2.75) is 78.5 Å². The molecule has 1 amide bonds. The second kappa shape index (κ2) is 7.30. The third kappa shape index (κ3) is 5.70. The van der Waals surface area contributed by atoms with Gasteiger partial charge in [0.15, 0.2) is 0 Å². The summed E-state index contributed by atoms with van der Waals surface area (Å²) in [6.45, 7) is 14.1. The van der Waals surface area contributed by atoms with Crippen LogP contribution in [0.1, 0.15) is 60.8 Å². The number of nitrogens with one attached hydrogen (secondary N) is 1. The zero-order valence-electron chi connectivity index (χ0n) is 14.0. The van der Waals surface area contributed by atoms with Crippen molar-refractivity contribution in [3.8, 4) is 0 Å². The molecule has 0 aromatic carbocycles. The van der Waals surface area contributed by atoms with Gasteiger partial charge in [-0.1, -0.05) is 13.8 Å². The summed E-state index contributed by atoms with van der Waals surface area (Å²) in [4.78, 5) is 14.2. The Hall–Kier alpha value is -0.770. The number of piperidine rings is 1. The molecule has 1 aliphatic rings. The summed E-state index contributed by atoms with van der Waals surface area (Å²) in [6.07, 6.45) is 3.18. The maximum Gasteiger partial charge on any atom is 0.410 e. The number of hydrogen-bond acceptors (Lipinski definition) is 3. The maximum absolute atomic E-state index is 12.3. The molecule has 0 aromatic rings. The molecule has 4 heteroatoms. The summed E-state index contributed by atoms with van der Waals surface area (Å²) in [7, 11) is 0. The van der Waals surface area contributed by atoms with Gasteiger partial charge in [0.05, 0.1) is 0 Å². The average molecular weight is 284 g/mol. The van der Waals surface area contributed by atoms with Gasteiger partial charge in [0.25, 0.3) is 0 Å². The molecular weight excluding hydrogens is 252 g/mol. The highest BCUT2D eigenvalue weighted by Crippen LogP contribution is 2.20. The summed E-state index contributed by atoms with van der Waals surface area (Å²) in [5, 5.41) is 3.55. The fourth-order valence-electron chi connectivity index (χ4n) is 2.33. The normalized spacial score (nSPS) is 21.9. The molecule has 0 saturated carbocycles. The number of likely N-dealkylation sites (tertiary alicyclic amines) is 1. The first-order chi connectivity index (χ1) is 9.20. The van der Waals surface area contributed by atoms with Crippen molar-refractivity contribution < 1.29 is 9.53 Å². The average Bonchev–Trinajstić information content (AvgIpc) is 2.34. The number of amides is 1. The highest BCUT2D eigenvalue weighted by atomic mass is 16.6. The third-order valence-electron chi connectivity index (χ3n) is 3.93. The van der Waals surface area contributed by atoms with E-state index in [0.717, 1.165) is 25.9 Å². The van der Waals surface area contributed by atoms with E-state index in [2.05, 4.69) is 26.1 Å². The van der Waals surface area contributed by atoms with Gasteiger partial charge in [-0.2, -0.15) is 0 Å². The van der Waals surface area contributed by atoms with E-state index in [0.29, 0.717) is 12.0 Å². The van der Waals surface area contributed by atoms with E-state index in [-0.39, 0.29) is 12.1 Å². The van der Waals surface area contributed by atoms with E-state index in [1.807, 2.05) is 25.7 Å². The zero-order valence-corrected chi connectivity index (χ0v) is 14.0. The van der Waals surface area contributed by atoms with Gasteiger partial charge in [-0.15, -0.1) is 0 Å². The first-order valence-corrected chi connectivity index (χ1v) is 7.93. The van der Waals surface area contributed by atoms with Gasteiger partial charge in [-0.3, -0.25) is 0 Å². The van der Waals surface area contributed by atoms with Crippen LogP contribution < -0.4 is 5.32 Å².